The van der Waals surface area contributed by atoms with Gasteiger partial charge in [-0.25, -0.2) is 9.50 Å². The molecule has 8 heteroatoms. The first-order valence-corrected chi connectivity index (χ1v) is 9.00. The molecule has 0 spiro atoms. The first-order valence-electron chi connectivity index (χ1n) is 9.00. The smallest absolute Gasteiger partial charge is 0.342 e. The molecule has 0 bridgehead atoms. The maximum Gasteiger partial charge on any atom is 0.433 e. The number of fused-ring (bicyclic) bond motifs is 1. The van der Waals surface area contributed by atoms with Gasteiger partial charge in [0.2, 0.25) is 5.91 Å². The first kappa shape index (κ1) is 17.3. The highest BCUT2D eigenvalue weighted by atomic mass is 19.4. The summed E-state index contributed by atoms with van der Waals surface area (Å²) in [5, 5.41) is 4.21. The van der Waals surface area contributed by atoms with Crippen LogP contribution in [0.5, 0.6) is 0 Å². The molecule has 1 aliphatic heterocycles. The van der Waals surface area contributed by atoms with E-state index in [1.54, 1.807) is 6.07 Å². The van der Waals surface area contributed by atoms with Crippen LogP contribution in [0.2, 0.25) is 0 Å². The molecular formula is C18H21F3N4O. The van der Waals surface area contributed by atoms with E-state index in [0.29, 0.717) is 24.5 Å². The Bertz CT molecular complexity index is 854. The molecule has 3 heterocycles. The van der Waals surface area contributed by atoms with Crippen molar-refractivity contribution in [3.63, 3.8) is 0 Å². The van der Waals surface area contributed by atoms with Gasteiger partial charge in [0.05, 0.1) is 5.69 Å². The van der Waals surface area contributed by atoms with Crippen LogP contribution in [-0.4, -0.2) is 38.5 Å². The van der Waals surface area contributed by atoms with Crippen LogP contribution in [0.4, 0.5) is 13.2 Å². The minimum atomic E-state index is -4.50. The molecule has 1 aliphatic carbocycles. The maximum absolute atomic E-state index is 13.5. The molecule has 0 aromatic carbocycles. The van der Waals surface area contributed by atoms with Gasteiger partial charge in [-0.3, -0.25) is 4.79 Å². The number of halogens is 3. The Morgan fingerprint density at radius 1 is 1.23 bits per heavy atom. The van der Waals surface area contributed by atoms with Gasteiger partial charge in [-0.05, 0) is 31.2 Å². The van der Waals surface area contributed by atoms with Crippen LogP contribution in [0.25, 0.3) is 5.65 Å². The van der Waals surface area contributed by atoms with E-state index in [1.165, 1.54) is 0 Å². The SMILES string of the molecule is CC(C)c1cc(C(F)(F)F)n2nc([C@@H]3CCN(C(=O)C4CC4)C3)cc2n1. The fourth-order valence-corrected chi connectivity index (χ4v) is 3.50. The van der Waals surface area contributed by atoms with Crippen molar-refractivity contribution in [2.45, 2.75) is 51.1 Å². The van der Waals surface area contributed by atoms with Crippen molar-refractivity contribution in [1.29, 1.82) is 0 Å². The van der Waals surface area contributed by atoms with E-state index < -0.39 is 11.9 Å². The predicted molar refractivity (Wildman–Crippen MR) is 88.7 cm³/mol. The largest absolute Gasteiger partial charge is 0.433 e. The van der Waals surface area contributed by atoms with Gasteiger partial charge < -0.3 is 4.90 Å². The molecule has 1 saturated heterocycles. The van der Waals surface area contributed by atoms with Gasteiger partial charge in [-0.15, -0.1) is 0 Å². The van der Waals surface area contributed by atoms with Crippen molar-refractivity contribution >= 4 is 11.6 Å². The average molecular weight is 366 g/mol. The molecule has 2 aromatic rings. The normalized spacial score (nSPS) is 21.2. The van der Waals surface area contributed by atoms with Crippen molar-refractivity contribution < 1.29 is 18.0 Å². The highest BCUT2D eigenvalue weighted by Gasteiger charge is 2.39. The summed E-state index contributed by atoms with van der Waals surface area (Å²) in [6.07, 6.45) is -1.88. The summed E-state index contributed by atoms with van der Waals surface area (Å²) < 4.78 is 41.3. The molecule has 2 fully saturated rings. The Balaban J connectivity index is 1.68. The molecule has 2 aliphatic rings. The second-order valence-electron chi connectivity index (χ2n) is 7.60. The number of hydrogen-bond donors (Lipinski definition) is 0. The monoisotopic (exact) mass is 366 g/mol. The lowest BCUT2D eigenvalue weighted by molar-refractivity contribution is -0.142. The number of alkyl halides is 3. The fourth-order valence-electron chi connectivity index (χ4n) is 3.50. The summed E-state index contributed by atoms with van der Waals surface area (Å²) in [5.41, 5.74) is 0.384. The number of likely N-dealkylation sites (tertiary alicyclic amines) is 1. The Morgan fingerprint density at radius 2 is 1.96 bits per heavy atom. The number of hydrogen-bond acceptors (Lipinski definition) is 3. The van der Waals surface area contributed by atoms with Gasteiger partial charge >= 0.3 is 6.18 Å². The van der Waals surface area contributed by atoms with Crippen LogP contribution >= 0.6 is 0 Å². The fraction of sp³-hybridized carbons (Fsp3) is 0.611. The topological polar surface area (TPSA) is 50.5 Å². The summed E-state index contributed by atoms with van der Waals surface area (Å²) in [6, 6.07) is 2.71. The standard InChI is InChI=1S/C18H21F3N4O/c1-10(2)13-7-15(18(19,20)21)25-16(22-13)8-14(23-25)12-5-6-24(9-12)17(26)11-3-4-11/h7-8,10-12H,3-6,9H2,1-2H3/t12-/m1/s1. The molecule has 2 aromatic heterocycles. The van der Waals surface area contributed by atoms with Gasteiger partial charge in [-0.2, -0.15) is 18.3 Å². The highest BCUT2D eigenvalue weighted by molar-refractivity contribution is 5.81. The molecule has 4 rings (SSSR count). The number of aromatic nitrogens is 3. The lowest BCUT2D eigenvalue weighted by Crippen LogP contribution is -2.29. The van der Waals surface area contributed by atoms with Gasteiger partial charge in [0.25, 0.3) is 0 Å². The quantitative estimate of drug-likeness (QED) is 0.834. The predicted octanol–water partition coefficient (Wildman–Crippen LogP) is 3.60. The maximum atomic E-state index is 13.5. The van der Waals surface area contributed by atoms with Crippen molar-refractivity contribution in [3.8, 4) is 0 Å². The summed E-state index contributed by atoms with van der Waals surface area (Å²) in [7, 11) is 0. The molecule has 140 valence electrons. The molecule has 26 heavy (non-hydrogen) atoms. The van der Waals surface area contributed by atoms with Gasteiger partial charge in [0.15, 0.2) is 5.65 Å². The van der Waals surface area contributed by atoms with Crippen LogP contribution in [0.15, 0.2) is 12.1 Å². The number of rotatable bonds is 3. The second kappa shape index (κ2) is 5.96. The van der Waals surface area contributed by atoms with E-state index in [-0.39, 0.29) is 29.3 Å². The van der Waals surface area contributed by atoms with Crippen molar-refractivity contribution in [1.82, 2.24) is 19.5 Å². The minimum Gasteiger partial charge on any atom is -0.342 e. The third kappa shape index (κ3) is 3.05. The third-order valence-electron chi connectivity index (χ3n) is 5.19. The van der Waals surface area contributed by atoms with Gasteiger partial charge in [0.1, 0.15) is 5.69 Å². The average Bonchev–Trinajstić information content (AvgIpc) is 3.14. The zero-order valence-electron chi connectivity index (χ0n) is 14.8. The summed E-state index contributed by atoms with van der Waals surface area (Å²) >= 11 is 0. The molecule has 5 nitrogen and oxygen atoms in total. The Morgan fingerprint density at radius 3 is 2.58 bits per heavy atom. The third-order valence-corrected chi connectivity index (χ3v) is 5.19. The van der Waals surface area contributed by atoms with Crippen molar-refractivity contribution in [2.24, 2.45) is 5.92 Å². The molecule has 0 radical (unpaired) electrons. The van der Waals surface area contributed by atoms with E-state index in [9.17, 15) is 18.0 Å². The number of carbonyl (C=O) groups is 1. The van der Waals surface area contributed by atoms with E-state index >= 15 is 0 Å². The Labute approximate surface area is 149 Å². The first-order chi connectivity index (χ1) is 12.2. The molecule has 1 saturated carbocycles. The number of amides is 1. The van der Waals surface area contributed by atoms with E-state index in [4.69, 9.17) is 0 Å². The van der Waals surface area contributed by atoms with Crippen LogP contribution in [0.1, 0.15) is 62.0 Å². The van der Waals surface area contributed by atoms with Crippen LogP contribution in [0.3, 0.4) is 0 Å². The van der Waals surface area contributed by atoms with Crippen LogP contribution in [0, 0.1) is 5.92 Å². The van der Waals surface area contributed by atoms with Crippen molar-refractivity contribution in [2.75, 3.05) is 13.1 Å². The Kier molecular flexibility index (Phi) is 3.96. The number of nitrogens with zero attached hydrogens (tertiary/aromatic N) is 4. The summed E-state index contributed by atoms with van der Waals surface area (Å²) in [4.78, 5) is 18.4. The molecule has 1 atom stereocenters. The molecule has 1 amide bonds. The van der Waals surface area contributed by atoms with Crippen molar-refractivity contribution in [3.05, 3.63) is 29.2 Å². The molecule has 0 unspecified atom stereocenters. The summed E-state index contributed by atoms with van der Waals surface area (Å²) in [5.74, 6) is 0.176. The zero-order valence-corrected chi connectivity index (χ0v) is 14.8. The van der Waals surface area contributed by atoms with Gasteiger partial charge in [0, 0.05) is 36.7 Å². The lowest BCUT2D eigenvalue weighted by atomic mass is 10.1. The van der Waals surface area contributed by atoms with E-state index in [1.807, 2.05) is 18.7 Å². The number of carbonyl (C=O) groups excluding carboxylic acids is 1. The minimum absolute atomic E-state index is 0.0389. The van der Waals surface area contributed by atoms with Gasteiger partial charge in [-0.1, -0.05) is 13.8 Å². The second-order valence-corrected chi connectivity index (χ2v) is 7.60. The zero-order chi connectivity index (χ0) is 18.6. The highest BCUT2D eigenvalue weighted by Crippen LogP contribution is 2.36. The van der Waals surface area contributed by atoms with E-state index in [0.717, 1.165) is 29.8 Å². The Hall–Kier alpha value is -2.12. The summed E-state index contributed by atoms with van der Waals surface area (Å²) in [6.45, 7) is 4.80. The molecule has 0 N–H and O–H groups in total. The van der Waals surface area contributed by atoms with Crippen LogP contribution in [-0.2, 0) is 11.0 Å². The molecular weight excluding hydrogens is 345 g/mol. The van der Waals surface area contributed by atoms with E-state index in [2.05, 4.69) is 10.1 Å². The lowest BCUT2D eigenvalue weighted by Gasteiger charge is -2.15. The van der Waals surface area contributed by atoms with Crippen LogP contribution < -0.4 is 0 Å².